The summed E-state index contributed by atoms with van der Waals surface area (Å²) in [7, 11) is 6.13. The molecule has 1 N–H and O–H groups in total. The zero-order valence-electron chi connectivity index (χ0n) is 10.5. The fourth-order valence-electron chi connectivity index (χ4n) is 0.479. The van der Waals surface area contributed by atoms with Crippen molar-refractivity contribution in [2.24, 2.45) is 0 Å². The predicted molar refractivity (Wildman–Crippen MR) is 69.1 cm³/mol. The Hall–Kier alpha value is -1.33. The molecule has 0 aliphatic rings. The summed E-state index contributed by atoms with van der Waals surface area (Å²) < 4.78 is 5.59. The Morgan fingerprint density at radius 3 is 1.88 bits per heavy atom. The Morgan fingerprint density at radius 1 is 1.24 bits per heavy atom. The van der Waals surface area contributed by atoms with Crippen LogP contribution in [0.25, 0.3) is 0 Å². The van der Waals surface area contributed by atoms with Gasteiger partial charge in [-0.15, -0.1) is 12.4 Å². The maximum atomic E-state index is 10.6. The lowest BCUT2D eigenvalue weighted by Gasteiger charge is -2.23. The highest BCUT2D eigenvalue weighted by Crippen LogP contribution is 1.89. The summed E-state index contributed by atoms with van der Waals surface area (Å²) in [5, 5.41) is 7.60. The van der Waals surface area contributed by atoms with Crippen LogP contribution in [0.15, 0.2) is 25.3 Å². The summed E-state index contributed by atoms with van der Waals surface area (Å²) in [6, 6.07) is 0. The molecule has 6 heteroatoms. The molecule has 0 aromatic carbocycles. The zero-order chi connectivity index (χ0) is 13.2. The van der Waals surface area contributed by atoms with Gasteiger partial charge in [0.05, 0.1) is 21.1 Å². The number of halogens is 1. The van der Waals surface area contributed by atoms with Gasteiger partial charge in [0.25, 0.3) is 0 Å². The first-order valence-electron chi connectivity index (χ1n) is 4.68. The topological polar surface area (TPSA) is 63.6 Å². The lowest BCUT2D eigenvalue weighted by atomic mass is 10.5. The normalized spacial score (nSPS) is 8.88. The third-order valence-corrected chi connectivity index (χ3v) is 1.35. The van der Waals surface area contributed by atoms with Crippen LogP contribution in [-0.2, 0) is 14.3 Å². The second-order valence-corrected chi connectivity index (χ2v) is 3.93. The van der Waals surface area contributed by atoms with Crippen LogP contribution in [0.4, 0.5) is 0 Å². The van der Waals surface area contributed by atoms with E-state index in [2.05, 4.69) is 13.2 Å². The molecule has 0 spiro atoms. The Bertz CT molecular complexity index is 259. The zero-order valence-corrected chi connectivity index (χ0v) is 11.3. The third kappa shape index (κ3) is 25.2. The first-order valence-corrected chi connectivity index (χ1v) is 4.68. The van der Waals surface area contributed by atoms with Gasteiger partial charge in [0.1, 0.15) is 13.2 Å². The Morgan fingerprint density at radius 2 is 1.65 bits per heavy atom. The molecular formula is C11H21ClNO4+. The molecule has 0 rings (SSSR count). The largest absolute Gasteiger partial charge is 0.478 e. The molecule has 0 bridgehead atoms. The van der Waals surface area contributed by atoms with Crippen molar-refractivity contribution in [3.63, 3.8) is 0 Å². The number of carboxylic acid groups (broad SMARTS) is 1. The highest BCUT2D eigenvalue weighted by Gasteiger charge is 2.06. The van der Waals surface area contributed by atoms with Crippen molar-refractivity contribution in [2.75, 3.05) is 34.3 Å². The minimum atomic E-state index is -0.981. The highest BCUT2D eigenvalue weighted by atomic mass is 35.5. The summed E-state index contributed by atoms with van der Waals surface area (Å²) in [5.74, 6) is -1.33. The molecule has 0 saturated heterocycles. The van der Waals surface area contributed by atoms with Crippen LogP contribution in [0.2, 0.25) is 0 Å². The molecule has 0 unspecified atom stereocenters. The van der Waals surface area contributed by atoms with Gasteiger partial charge in [-0.2, -0.15) is 0 Å². The van der Waals surface area contributed by atoms with E-state index in [4.69, 9.17) is 9.84 Å². The first kappa shape index (κ1) is 21.0. The molecule has 0 aromatic rings. The van der Waals surface area contributed by atoms with E-state index in [1.807, 2.05) is 21.1 Å². The molecule has 0 fully saturated rings. The van der Waals surface area contributed by atoms with E-state index in [0.29, 0.717) is 6.61 Å². The number of ether oxygens (including phenoxy) is 1. The summed E-state index contributed by atoms with van der Waals surface area (Å²) in [6.07, 6.45) is 2.01. The number of rotatable bonds is 5. The number of quaternary nitrogens is 1. The van der Waals surface area contributed by atoms with Gasteiger partial charge in [0.2, 0.25) is 0 Å². The molecule has 0 aliphatic heterocycles. The molecule has 0 radical (unpaired) electrons. The molecule has 0 saturated carbocycles. The van der Waals surface area contributed by atoms with E-state index in [1.54, 1.807) is 0 Å². The molecule has 0 atom stereocenters. The molecular weight excluding hydrogens is 246 g/mol. The Labute approximate surface area is 108 Å². The van der Waals surface area contributed by atoms with Gasteiger partial charge >= 0.3 is 11.9 Å². The fraction of sp³-hybridized carbons (Fsp3) is 0.455. The summed E-state index contributed by atoms with van der Waals surface area (Å²) >= 11 is 0. The number of hydrogen-bond donors (Lipinski definition) is 1. The number of carbonyl (C=O) groups excluding carboxylic acids is 1. The van der Waals surface area contributed by atoms with Crippen LogP contribution in [0, 0.1) is 0 Å². The number of carbonyl (C=O) groups is 2. The molecule has 0 amide bonds. The Balaban J connectivity index is -0.000000280. The second kappa shape index (κ2) is 11.2. The smallest absolute Gasteiger partial charge is 0.330 e. The molecule has 0 heterocycles. The quantitative estimate of drug-likeness (QED) is 0.460. The minimum Gasteiger partial charge on any atom is -0.478 e. The summed E-state index contributed by atoms with van der Waals surface area (Å²) in [5.41, 5.74) is 0. The van der Waals surface area contributed by atoms with Gasteiger partial charge < -0.3 is 14.3 Å². The van der Waals surface area contributed by atoms with E-state index >= 15 is 0 Å². The van der Waals surface area contributed by atoms with Crippen LogP contribution in [0.3, 0.4) is 0 Å². The van der Waals surface area contributed by atoms with Crippen molar-refractivity contribution < 1.29 is 23.9 Å². The SMILES string of the molecule is C=CC(=O)O.C=CC(=O)OCC[N+](C)(C)C.Cl. The van der Waals surface area contributed by atoms with Crippen molar-refractivity contribution in [1.82, 2.24) is 0 Å². The fourth-order valence-corrected chi connectivity index (χ4v) is 0.479. The van der Waals surface area contributed by atoms with Gasteiger partial charge in [0.15, 0.2) is 0 Å². The minimum absolute atomic E-state index is 0. The lowest BCUT2D eigenvalue weighted by molar-refractivity contribution is -0.870. The van der Waals surface area contributed by atoms with Gasteiger partial charge in [0, 0.05) is 12.2 Å². The van der Waals surface area contributed by atoms with Gasteiger partial charge in [-0.1, -0.05) is 13.2 Å². The van der Waals surface area contributed by atoms with Crippen LogP contribution in [-0.4, -0.2) is 55.8 Å². The van der Waals surface area contributed by atoms with Crippen LogP contribution < -0.4 is 0 Å². The van der Waals surface area contributed by atoms with E-state index in [0.717, 1.165) is 17.1 Å². The van der Waals surface area contributed by atoms with Crippen molar-refractivity contribution in [1.29, 1.82) is 0 Å². The van der Waals surface area contributed by atoms with E-state index in [-0.39, 0.29) is 18.4 Å². The monoisotopic (exact) mass is 266 g/mol. The van der Waals surface area contributed by atoms with Crippen LogP contribution >= 0.6 is 12.4 Å². The van der Waals surface area contributed by atoms with Crippen LogP contribution in [0.5, 0.6) is 0 Å². The highest BCUT2D eigenvalue weighted by molar-refractivity contribution is 5.85. The van der Waals surface area contributed by atoms with Gasteiger partial charge in [-0.05, 0) is 0 Å². The summed E-state index contributed by atoms with van der Waals surface area (Å²) in [6.45, 7) is 7.53. The number of nitrogens with zero attached hydrogens (tertiary/aromatic N) is 1. The maximum Gasteiger partial charge on any atom is 0.330 e. The number of hydrogen-bond acceptors (Lipinski definition) is 3. The maximum absolute atomic E-state index is 10.6. The number of esters is 1. The number of carboxylic acids is 1. The number of aliphatic carboxylic acids is 1. The molecule has 5 nitrogen and oxygen atoms in total. The predicted octanol–water partition coefficient (Wildman–Crippen LogP) is 1.10. The van der Waals surface area contributed by atoms with E-state index in [1.165, 1.54) is 6.08 Å². The molecule has 0 aliphatic carbocycles. The first-order chi connectivity index (χ1) is 7.22. The van der Waals surface area contributed by atoms with Crippen LogP contribution in [0.1, 0.15) is 0 Å². The average molecular weight is 267 g/mol. The average Bonchev–Trinajstić information content (AvgIpc) is 2.16. The molecule has 100 valence electrons. The van der Waals surface area contributed by atoms with Crippen molar-refractivity contribution >= 4 is 24.3 Å². The van der Waals surface area contributed by atoms with Crippen molar-refractivity contribution in [3.8, 4) is 0 Å². The Kier molecular flexibility index (Phi) is 13.8. The standard InChI is InChI=1S/C8H16NO2.C3H4O2.ClH/c1-5-8(10)11-7-6-9(2,3)4;1-2-3(4)5;/h5H,1,6-7H2,2-4H3;2H,1H2,(H,4,5);1H/q+1;;. The van der Waals surface area contributed by atoms with E-state index < -0.39 is 5.97 Å². The molecule has 17 heavy (non-hydrogen) atoms. The van der Waals surface area contributed by atoms with Gasteiger partial charge in [-0.25, -0.2) is 9.59 Å². The summed E-state index contributed by atoms with van der Waals surface area (Å²) in [4.78, 5) is 19.8. The molecule has 0 aromatic heterocycles. The second-order valence-electron chi connectivity index (χ2n) is 3.93. The van der Waals surface area contributed by atoms with Crippen molar-refractivity contribution in [2.45, 2.75) is 0 Å². The van der Waals surface area contributed by atoms with Gasteiger partial charge in [-0.3, -0.25) is 0 Å². The third-order valence-electron chi connectivity index (χ3n) is 1.35. The number of likely N-dealkylation sites (N-methyl/N-ethyl adjacent to an activating group) is 1. The van der Waals surface area contributed by atoms with Crippen molar-refractivity contribution in [3.05, 3.63) is 25.3 Å². The van der Waals surface area contributed by atoms with E-state index in [9.17, 15) is 9.59 Å². The lowest BCUT2D eigenvalue weighted by Crippen LogP contribution is -2.37.